The van der Waals surface area contributed by atoms with Crippen molar-refractivity contribution in [3.05, 3.63) is 277 Å². The summed E-state index contributed by atoms with van der Waals surface area (Å²) in [6.07, 6.45) is 0. The van der Waals surface area contributed by atoms with Gasteiger partial charge in [-0.05, 0) is 163 Å². The van der Waals surface area contributed by atoms with Crippen LogP contribution in [-0.2, 0) is 5.41 Å². The fourth-order valence-corrected chi connectivity index (χ4v) is 12.8. The van der Waals surface area contributed by atoms with Gasteiger partial charge in [-0.25, -0.2) is 0 Å². The van der Waals surface area contributed by atoms with Gasteiger partial charge < -0.3 is 18.6 Å². The SMILES string of the molecule is c1ccc(N(c2ccc3c4c(ccc3c2)-c2ccc3cc(N(c5ccccc5)c5ccc6oc7ccccc7c6c5)ccc3c2C42c3ccccc3-c3ccccc32)c2ccc3oc4ccccc4c3c2)cc1. The molecule has 2 heterocycles. The van der Waals surface area contributed by atoms with Gasteiger partial charge in [-0.2, -0.15) is 0 Å². The predicted molar refractivity (Wildman–Crippen MR) is 302 cm³/mol. The first-order chi connectivity index (χ1) is 36.2. The van der Waals surface area contributed by atoms with Crippen molar-refractivity contribution in [3.8, 4) is 22.3 Å². The van der Waals surface area contributed by atoms with Gasteiger partial charge >= 0.3 is 0 Å². The molecule has 340 valence electrons. The van der Waals surface area contributed by atoms with Crippen molar-refractivity contribution in [2.75, 3.05) is 9.80 Å². The second-order valence-corrected chi connectivity index (χ2v) is 19.5. The highest BCUT2D eigenvalue weighted by atomic mass is 16.3. The molecule has 12 aromatic carbocycles. The molecule has 0 saturated heterocycles. The Bertz CT molecular complexity index is 4290. The minimum Gasteiger partial charge on any atom is -0.456 e. The molecular formula is C69H42N2O2. The monoisotopic (exact) mass is 930 g/mol. The number of anilines is 6. The average Bonchev–Trinajstić information content (AvgIpc) is 4.28. The lowest BCUT2D eigenvalue weighted by Crippen LogP contribution is -2.26. The maximum Gasteiger partial charge on any atom is 0.135 e. The van der Waals surface area contributed by atoms with E-state index in [1.165, 1.54) is 66.1 Å². The molecule has 0 bridgehead atoms. The number of furan rings is 2. The number of fused-ring (bicyclic) bond motifs is 20. The number of para-hydroxylation sites is 4. The Labute approximate surface area is 420 Å². The lowest BCUT2D eigenvalue weighted by atomic mass is 9.68. The minimum absolute atomic E-state index is 0.584. The van der Waals surface area contributed by atoms with Gasteiger partial charge in [0.25, 0.3) is 0 Å². The van der Waals surface area contributed by atoms with E-state index in [9.17, 15) is 0 Å². The molecule has 0 unspecified atom stereocenters. The highest BCUT2D eigenvalue weighted by Gasteiger charge is 2.53. The van der Waals surface area contributed by atoms with E-state index in [1.807, 2.05) is 24.3 Å². The molecule has 2 aliphatic carbocycles. The van der Waals surface area contributed by atoms with Gasteiger partial charge in [0.1, 0.15) is 22.3 Å². The van der Waals surface area contributed by atoms with Crippen LogP contribution in [0.15, 0.2) is 264 Å². The van der Waals surface area contributed by atoms with E-state index >= 15 is 0 Å². The second kappa shape index (κ2) is 15.2. The lowest BCUT2D eigenvalue weighted by Gasteiger charge is -2.33. The number of rotatable bonds is 6. The zero-order valence-electron chi connectivity index (χ0n) is 39.5. The molecule has 14 aromatic rings. The highest BCUT2D eigenvalue weighted by molar-refractivity contribution is 6.12. The fraction of sp³-hybridized carbons (Fsp3) is 0.0145. The van der Waals surface area contributed by atoms with Crippen LogP contribution in [0, 0.1) is 0 Å². The van der Waals surface area contributed by atoms with Crippen LogP contribution in [0.4, 0.5) is 34.1 Å². The van der Waals surface area contributed by atoms with Gasteiger partial charge in [-0.3, -0.25) is 0 Å². The maximum absolute atomic E-state index is 6.30. The molecule has 0 atom stereocenters. The van der Waals surface area contributed by atoms with Gasteiger partial charge in [0.05, 0.1) is 5.41 Å². The van der Waals surface area contributed by atoms with E-state index in [4.69, 9.17) is 8.83 Å². The molecule has 1 spiro atoms. The first-order valence-corrected chi connectivity index (χ1v) is 25.1. The van der Waals surface area contributed by atoms with Crippen LogP contribution in [0.3, 0.4) is 0 Å². The molecule has 0 N–H and O–H groups in total. The number of benzene rings is 12. The molecule has 4 nitrogen and oxygen atoms in total. The Morgan fingerprint density at radius 1 is 0.247 bits per heavy atom. The van der Waals surface area contributed by atoms with E-state index in [0.717, 1.165) is 78.0 Å². The third kappa shape index (κ3) is 5.66. The van der Waals surface area contributed by atoms with Crippen LogP contribution in [0.2, 0.25) is 0 Å². The van der Waals surface area contributed by atoms with Crippen molar-refractivity contribution >= 4 is 99.5 Å². The summed E-state index contributed by atoms with van der Waals surface area (Å²) in [6.45, 7) is 0. The Kier molecular flexibility index (Phi) is 8.35. The van der Waals surface area contributed by atoms with Gasteiger partial charge in [-0.1, -0.05) is 158 Å². The van der Waals surface area contributed by atoms with E-state index < -0.39 is 5.41 Å². The predicted octanol–water partition coefficient (Wildman–Crippen LogP) is 19.1. The van der Waals surface area contributed by atoms with Crippen molar-refractivity contribution < 1.29 is 8.83 Å². The fourth-order valence-electron chi connectivity index (χ4n) is 12.8. The third-order valence-electron chi connectivity index (χ3n) is 15.8. The Morgan fingerprint density at radius 2 is 0.630 bits per heavy atom. The van der Waals surface area contributed by atoms with Crippen molar-refractivity contribution in [1.29, 1.82) is 0 Å². The first-order valence-electron chi connectivity index (χ1n) is 25.1. The third-order valence-corrected chi connectivity index (χ3v) is 15.8. The normalized spacial score (nSPS) is 13.0. The molecule has 0 radical (unpaired) electrons. The molecule has 4 heteroatoms. The summed E-state index contributed by atoms with van der Waals surface area (Å²) in [5.74, 6) is 0. The van der Waals surface area contributed by atoms with Crippen LogP contribution in [0.25, 0.3) is 87.7 Å². The number of hydrogen-bond donors (Lipinski definition) is 0. The van der Waals surface area contributed by atoms with Gasteiger partial charge in [0.15, 0.2) is 0 Å². The van der Waals surface area contributed by atoms with Crippen LogP contribution in [0.5, 0.6) is 0 Å². The summed E-state index contributed by atoms with van der Waals surface area (Å²) in [5.41, 5.74) is 19.9. The van der Waals surface area contributed by atoms with Crippen molar-refractivity contribution in [3.63, 3.8) is 0 Å². The van der Waals surface area contributed by atoms with E-state index in [2.05, 4.69) is 240 Å². The zero-order valence-corrected chi connectivity index (χ0v) is 39.5. The van der Waals surface area contributed by atoms with E-state index in [0.29, 0.717) is 0 Å². The smallest absolute Gasteiger partial charge is 0.135 e. The summed E-state index contributed by atoms with van der Waals surface area (Å²) >= 11 is 0. The molecular weight excluding hydrogens is 889 g/mol. The quantitative estimate of drug-likeness (QED) is 0.166. The van der Waals surface area contributed by atoms with Gasteiger partial charge in [-0.15, -0.1) is 0 Å². The zero-order chi connectivity index (χ0) is 47.8. The molecule has 0 aliphatic heterocycles. The number of nitrogens with zero attached hydrogens (tertiary/aromatic N) is 2. The summed E-state index contributed by atoms with van der Waals surface area (Å²) in [4.78, 5) is 4.75. The second-order valence-electron chi connectivity index (χ2n) is 19.5. The Balaban J connectivity index is 0.909. The first kappa shape index (κ1) is 40.1. The summed E-state index contributed by atoms with van der Waals surface area (Å²) in [6, 6.07) is 93.0. The summed E-state index contributed by atoms with van der Waals surface area (Å²) < 4.78 is 12.6. The Morgan fingerprint density at radius 3 is 1.11 bits per heavy atom. The number of hydrogen-bond acceptors (Lipinski definition) is 4. The topological polar surface area (TPSA) is 32.8 Å². The molecule has 73 heavy (non-hydrogen) atoms. The summed E-state index contributed by atoms with van der Waals surface area (Å²) in [7, 11) is 0. The highest BCUT2D eigenvalue weighted by Crippen LogP contribution is 2.65. The molecule has 2 aliphatic rings. The molecule has 16 rings (SSSR count). The minimum atomic E-state index is -0.584. The van der Waals surface area contributed by atoms with Crippen molar-refractivity contribution in [1.82, 2.24) is 0 Å². The summed E-state index contributed by atoms with van der Waals surface area (Å²) in [5, 5.41) is 9.29. The van der Waals surface area contributed by atoms with Crippen molar-refractivity contribution in [2.24, 2.45) is 0 Å². The van der Waals surface area contributed by atoms with Crippen LogP contribution in [-0.4, -0.2) is 0 Å². The lowest BCUT2D eigenvalue weighted by molar-refractivity contribution is 0.668. The standard InChI is InChI=1S/C69H42N2O2/c1-3-15-45(16-4-1)70(49-31-37-65-59(41-49)55-21-9-13-25-63(55)72-65)47-29-35-51-43(39-47)27-33-57-58-34-28-44-40-48(71(46-17-5-2-6-18-46)50-32-38-66-60(42-50)56-22-10-14-26-64(56)73-66)30-36-52(44)68(58)69(67(51)57)61-23-11-7-19-53(61)54-20-8-12-24-62(54)69/h1-42H. The van der Waals surface area contributed by atoms with Gasteiger partial charge in [0, 0.05) is 55.7 Å². The average molecular weight is 931 g/mol. The molecule has 0 amide bonds. The van der Waals surface area contributed by atoms with E-state index in [1.54, 1.807) is 0 Å². The van der Waals surface area contributed by atoms with Gasteiger partial charge in [0.2, 0.25) is 0 Å². The maximum atomic E-state index is 6.30. The van der Waals surface area contributed by atoms with Crippen LogP contribution in [0.1, 0.15) is 22.3 Å². The Hall–Kier alpha value is -9.64. The largest absolute Gasteiger partial charge is 0.456 e. The van der Waals surface area contributed by atoms with Crippen LogP contribution < -0.4 is 9.80 Å². The van der Waals surface area contributed by atoms with Crippen molar-refractivity contribution in [2.45, 2.75) is 5.41 Å². The molecule has 0 saturated carbocycles. The molecule has 2 aromatic heterocycles. The molecule has 0 fully saturated rings. The van der Waals surface area contributed by atoms with Crippen LogP contribution >= 0.6 is 0 Å². The van der Waals surface area contributed by atoms with E-state index in [-0.39, 0.29) is 0 Å².